The summed E-state index contributed by atoms with van der Waals surface area (Å²) < 4.78 is 81.3. The van der Waals surface area contributed by atoms with Crippen LogP contribution in [0.2, 0.25) is 0 Å². The molecule has 1 aliphatic carbocycles. The van der Waals surface area contributed by atoms with Gasteiger partial charge in [0.25, 0.3) is 11.7 Å². The molecule has 12 heteroatoms. The van der Waals surface area contributed by atoms with Crippen molar-refractivity contribution in [1.82, 2.24) is 9.80 Å². The van der Waals surface area contributed by atoms with Crippen LogP contribution in [0.15, 0.2) is 23.2 Å². The minimum Gasteiger partial charge on any atom is -0.339 e. The maximum Gasteiger partial charge on any atom is 0.416 e. The van der Waals surface area contributed by atoms with E-state index in [1.807, 2.05) is 0 Å². The van der Waals surface area contributed by atoms with Crippen LogP contribution in [0.4, 0.5) is 26.3 Å². The van der Waals surface area contributed by atoms with Crippen molar-refractivity contribution in [2.45, 2.75) is 75.8 Å². The normalized spacial score (nSPS) is 22.9. The lowest BCUT2D eigenvalue weighted by Gasteiger charge is -2.45. The number of halogens is 6. The Morgan fingerprint density at radius 1 is 0.944 bits per heavy atom. The predicted octanol–water partition coefficient (Wildman–Crippen LogP) is 4.36. The molecule has 196 valence electrons. The Labute approximate surface area is 203 Å². The van der Waals surface area contributed by atoms with Crippen molar-refractivity contribution in [1.29, 1.82) is 0 Å². The molecule has 0 radical (unpaired) electrons. The van der Waals surface area contributed by atoms with Crippen LogP contribution < -0.4 is 0 Å². The fraction of sp³-hybridized carbons (Fsp3) is 0.583. The van der Waals surface area contributed by atoms with E-state index in [9.17, 15) is 40.7 Å². The van der Waals surface area contributed by atoms with E-state index in [1.54, 1.807) is 13.8 Å². The van der Waals surface area contributed by atoms with Crippen LogP contribution in [-0.4, -0.2) is 58.4 Å². The summed E-state index contributed by atoms with van der Waals surface area (Å²) in [5, 5.41) is 0. The molecule has 2 heterocycles. The number of fused-ring (bicyclic) bond motifs is 1. The van der Waals surface area contributed by atoms with Gasteiger partial charge in [-0.05, 0) is 50.5 Å². The second kappa shape index (κ2) is 8.88. The number of hydrogen-bond donors (Lipinski definition) is 0. The Balaban J connectivity index is 1.78. The van der Waals surface area contributed by atoms with E-state index >= 15 is 0 Å². The minimum absolute atomic E-state index is 0.0502. The number of rotatable bonds is 4. The average molecular weight is 517 g/mol. The Hall–Kier alpha value is -2.92. The summed E-state index contributed by atoms with van der Waals surface area (Å²) in [6, 6.07) is -0.0949. The molecule has 0 N–H and O–H groups in total. The van der Waals surface area contributed by atoms with Gasteiger partial charge in [0.05, 0.1) is 11.1 Å². The summed E-state index contributed by atoms with van der Waals surface area (Å²) in [5.41, 5.74) is -4.12. The summed E-state index contributed by atoms with van der Waals surface area (Å²) in [7, 11) is 0. The number of carbonyl (C=O) groups excluding carboxylic acids is 3. The van der Waals surface area contributed by atoms with Gasteiger partial charge in [-0.2, -0.15) is 31.3 Å². The van der Waals surface area contributed by atoms with E-state index in [4.69, 9.17) is 0 Å². The van der Waals surface area contributed by atoms with Gasteiger partial charge >= 0.3 is 18.3 Å². The van der Waals surface area contributed by atoms with E-state index < -0.39 is 52.5 Å². The molecule has 0 aromatic heterocycles. The number of benzene rings is 1. The second-order valence-electron chi connectivity index (χ2n) is 9.88. The molecule has 1 saturated heterocycles. The first kappa shape index (κ1) is 26.2. The van der Waals surface area contributed by atoms with E-state index in [-0.39, 0.29) is 55.9 Å². The zero-order valence-corrected chi connectivity index (χ0v) is 19.7. The molecule has 1 aromatic carbocycles. The highest BCUT2D eigenvalue weighted by Crippen LogP contribution is 2.48. The van der Waals surface area contributed by atoms with Crippen LogP contribution in [0.1, 0.15) is 62.6 Å². The Kier molecular flexibility index (Phi) is 6.45. The number of alkyl halides is 6. The molecule has 1 saturated carbocycles. The summed E-state index contributed by atoms with van der Waals surface area (Å²) in [6.07, 6.45) is -8.48. The molecular weight excluding hydrogens is 492 g/mol. The van der Waals surface area contributed by atoms with Crippen LogP contribution in [-0.2, 0) is 32.2 Å². The lowest BCUT2D eigenvalue weighted by atomic mass is 9.74. The molecular formula is C24H25F6N3O3. The van der Waals surface area contributed by atoms with Crippen molar-refractivity contribution in [2.24, 2.45) is 4.99 Å². The van der Waals surface area contributed by atoms with Gasteiger partial charge in [-0.3, -0.25) is 14.4 Å². The van der Waals surface area contributed by atoms with Crippen molar-refractivity contribution in [3.63, 3.8) is 0 Å². The number of piperazine rings is 1. The molecule has 2 aliphatic heterocycles. The molecule has 0 bridgehead atoms. The van der Waals surface area contributed by atoms with Gasteiger partial charge in [-0.15, -0.1) is 0 Å². The Bertz CT molecular complexity index is 1090. The van der Waals surface area contributed by atoms with E-state index in [0.29, 0.717) is 12.8 Å². The van der Waals surface area contributed by atoms with Crippen molar-refractivity contribution in [3.8, 4) is 0 Å². The standard InChI is InChI=1S/C24H25F6N3O3/c1-13(2)32-7-8-33-17(31-20(35)19(34)18(33)21(32)36)12-22(5-3-4-6-22)14-9-15(23(25,26)27)11-16(10-14)24(28,29)30/h9-11,13,18H,3-8,12H2,1-2H3. The van der Waals surface area contributed by atoms with Gasteiger partial charge < -0.3 is 9.80 Å². The van der Waals surface area contributed by atoms with Crippen LogP contribution in [0.25, 0.3) is 0 Å². The highest BCUT2D eigenvalue weighted by Gasteiger charge is 2.50. The Morgan fingerprint density at radius 2 is 1.50 bits per heavy atom. The molecule has 36 heavy (non-hydrogen) atoms. The lowest BCUT2D eigenvalue weighted by molar-refractivity contribution is -0.151. The van der Waals surface area contributed by atoms with Crippen LogP contribution in [0.5, 0.6) is 0 Å². The minimum atomic E-state index is -4.99. The number of Topliss-reactive ketones (excluding diaryl/α,β-unsaturated/α-hetero) is 1. The SMILES string of the molecule is CC(C)N1CCN2C(CC3(c4cc(C(F)(F)F)cc(C(F)(F)F)c4)CCCC3)=NC(=O)C(=O)C2C1=O. The van der Waals surface area contributed by atoms with E-state index in [2.05, 4.69) is 4.99 Å². The highest BCUT2D eigenvalue weighted by molar-refractivity contribution is 6.45. The van der Waals surface area contributed by atoms with E-state index in [0.717, 1.165) is 12.1 Å². The first-order valence-electron chi connectivity index (χ1n) is 11.7. The quantitative estimate of drug-likeness (QED) is 0.338. The smallest absolute Gasteiger partial charge is 0.339 e. The van der Waals surface area contributed by atoms with Gasteiger partial charge in [-0.25, -0.2) is 0 Å². The van der Waals surface area contributed by atoms with Gasteiger partial charge in [-0.1, -0.05) is 12.8 Å². The molecule has 3 aliphatic rings. The van der Waals surface area contributed by atoms with Crippen molar-refractivity contribution < 1.29 is 40.7 Å². The van der Waals surface area contributed by atoms with Gasteiger partial charge in [0, 0.05) is 31.0 Å². The monoisotopic (exact) mass is 517 g/mol. The molecule has 1 atom stereocenters. The number of amidine groups is 1. The third kappa shape index (κ3) is 4.61. The average Bonchev–Trinajstić information content (AvgIpc) is 3.25. The molecule has 2 amide bonds. The molecule has 1 unspecified atom stereocenters. The summed E-state index contributed by atoms with van der Waals surface area (Å²) >= 11 is 0. The van der Waals surface area contributed by atoms with Gasteiger partial charge in [0.2, 0.25) is 0 Å². The molecule has 6 nitrogen and oxygen atoms in total. The zero-order valence-electron chi connectivity index (χ0n) is 19.7. The fourth-order valence-electron chi connectivity index (χ4n) is 5.47. The summed E-state index contributed by atoms with van der Waals surface area (Å²) in [5.74, 6) is -2.65. The van der Waals surface area contributed by atoms with Crippen LogP contribution >= 0.6 is 0 Å². The largest absolute Gasteiger partial charge is 0.416 e. The molecule has 2 fully saturated rings. The first-order chi connectivity index (χ1) is 16.6. The van der Waals surface area contributed by atoms with Gasteiger partial charge in [0.15, 0.2) is 6.04 Å². The topological polar surface area (TPSA) is 70.0 Å². The maximum atomic E-state index is 13.5. The molecule has 0 spiro atoms. The van der Waals surface area contributed by atoms with Crippen LogP contribution in [0, 0.1) is 0 Å². The highest BCUT2D eigenvalue weighted by atomic mass is 19.4. The second-order valence-corrected chi connectivity index (χ2v) is 9.88. The zero-order chi connectivity index (χ0) is 26.6. The lowest BCUT2D eigenvalue weighted by Crippen LogP contribution is -2.66. The Morgan fingerprint density at radius 3 is 2.00 bits per heavy atom. The first-order valence-corrected chi connectivity index (χ1v) is 11.7. The molecule has 4 rings (SSSR count). The maximum absolute atomic E-state index is 13.5. The number of nitrogens with zero attached hydrogens (tertiary/aromatic N) is 3. The van der Waals surface area contributed by atoms with Gasteiger partial charge in [0.1, 0.15) is 5.84 Å². The van der Waals surface area contributed by atoms with E-state index in [1.165, 1.54) is 9.80 Å². The third-order valence-corrected chi connectivity index (χ3v) is 7.31. The number of aliphatic imine (C=N–C) groups is 1. The number of hydrogen-bond acceptors (Lipinski definition) is 4. The van der Waals surface area contributed by atoms with Crippen molar-refractivity contribution in [2.75, 3.05) is 13.1 Å². The predicted molar refractivity (Wildman–Crippen MR) is 116 cm³/mol. The third-order valence-electron chi connectivity index (χ3n) is 7.31. The fourth-order valence-corrected chi connectivity index (χ4v) is 5.47. The summed E-state index contributed by atoms with van der Waals surface area (Å²) in [6.45, 7) is 3.93. The number of amides is 2. The number of carbonyl (C=O) groups is 3. The van der Waals surface area contributed by atoms with Crippen molar-refractivity contribution in [3.05, 3.63) is 34.9 Å². The molecule has 1 aromatic rings. The van der Waals surface area contributed by atoms with Crippen molar-refractivity contribution >= 4 is 23.4 Å². The summed E-state index contributed by atoms with van der Waals surface area (Å²) in [4.78, 5) is 44.7. The van der Waals surface area contributed by atoms with Crippen LogP contribution in [0.3, 0.4) is 0 Å². The number of ketones is 1.